The fourth-order valence-electron chi connectivity index (χ4n) is 1.95. The second-order valence-electron chi connectivity index (χ2n) is 4.59. The Bertz CT molecular complexity index is 528. The summed E-state index contributed by atoms with van der Waals surface area (Å²) < 4.78 is 33.3. The van der Waals surface area contributed by atoms with Crippen LogP contribution in [0.25, 0.3) is 0 Å². The van der Waals surface area contributed by atoms with Crippen molar-refractivity contribution in [2.45, 2.75) is 25.8 Å². The van der Waals surface area contributed by atoms with Gasteiger partial charge in [-0.3, -0.25) is 0 Å². The Morgan fingerprint density at radius 3 is 2.50 bits per heavy atom. The van der Waals surface area contributed by atoms with E-state index in [2.05, 4.69) is 0 Å². The van der Waals surface area contributed by atoms with Crippen molar-refractivity contribution in [3.05, 3.63) is 23.8 Å². The standard InChI is InChI=1S/C14H23NO4S/c1-4-20(16,17)9-5-6-13(15)12-8-7-11(18-2)10-14(12)19-3/h7-8,10,13H,4-6,9,15H2,1-3H3. The normalized spacial score (nSPS) is 13.0. The third kappa shape index (κ3) is 4.68. The van der Waals surface area contributed by atoms with E-state index in [4.69, 9.17) is 15.2 Å². The Labute approximate surface area is 121 Å². The number of hydrogen-bond donors (Lipinski definition) is 1. The van der Waals surface area contributed by atoms with Crippen molar-refractivity contribution >= 4 is 9.84 Å². The number of nitrogens with two attached hydrogens (primary N) is 1. The minimum absolute atomic E-state index is 0.175. The van der Waals surface area contributed by atoms with Gasteiger partial charge in [-0.1, -0.05) is 13.0 Å². The largest absolute Gasteiger partial charge is 0.497 e. The van der Waals surface area contributed by atoms with E-state index < -0.39 is 9.84 Å². The van der Waals surface area contributed by atoms with E-state index in [0.29, 0.717) is 24.3 Å². The topological polar surface area (TPSA) is 78.6 Å². The molecule has 6 heteroatoms. The number of hydrogen-bond acceptors (Lipinski definition) is 5. The van der Waals surface area contributed by atoms with Gasteiger partial charge in [-0.25, -0.2) is 8.42 Å². The lowest BCUT2D eigenvalue weighted by Gasteiger charge is -2.16. The molecule has 0 heterocycles. The van der Waals surface area contributed by atoms with Crippen molar-refractivity contribution in [3.8, 4) is 11.5 Å². The van der Waals surface area contributed by atoms with E-state index in [-0.39, 0.29) is 17.5 Å². The number of sulfone groups is 1. The van der Waals surface area contributed by atoms with E-state index in [1.165, 1.54) is 0 Å². The molecule has 1 rings (SSSR count). The van der Waals surface area contributed by atoms with Crippen LogP contribution in [0.15, 0.2) is 18.2 Å². The van der Waals surface area contributed by atoms with Crippen molar-refractivity contribution in [2.24, 2.45) is 5.73 Å². The zero-order valence-electron chi connectivity index (χ0n) is 12.3. The highest BCUT2D eigenvalue weighted by molar-refractivity contribution is 7.91. The summed E-state index contributed by atoms with van der Waals surface area (Å²) in [6.45, 7) is 1.65. The van der Waals surface area contributed by atoms with E-state index in [0.717, 1.165) is 5.56 Å². The van der Waals surface area contributed by atoms with E-state index in [9.17, 15) is 8.42 Å². The van der Waals surface area contributed by atoms with Crippen molar-refractivity contribution in [1.82, 2.24) is 0 Å². The molecular weight excluding hydrogens is 278 g/mol. The lowest BCUT2D eigenvalue weighted by molar-refractivity contribution is 0.387. The van der Waals surface area contributed by atoms with Crippen LogP contribution in [0, 0.1) is 0 Å². The Morgan fingerprint density at radius 2 is 1.95 bits per heavy atom. The van der Waals surface area contributed by atoms with Crippen LogP contribution in [0.2, 0.25) is 0 Å². The maximum atomic E-state index is 11.4. The zero-order valence-corrected chi connectivity index (χ0v) is 13.1. The molecule has 1 atom stereocenters. The number of benzene rings is 1. The SMILES string of the molecule is CCS(=O)(=O)CCCC(N)c1ccc(OC)cc1OC. The van der Waals surface area contributed by atoms with E-state index in [1.54, 1.807) is 27.2 Å². The van der Waals surface area contributed by atoms with Gasteiger partial charge < -0.3 is 15.2 Å². The van der Waals surface area contributed by atoms with E-state index >= 15 is 0 Å². The number of ether oxygens (including phenoxy) is 2. The zero-order chi connectivity index (χ0) is 15.2. The molecule has 5 nitrogen and oxygen atoms in total. The molecule has 0 aliphatic heterocycles. The molecule has 0 saturated heterocycles. The van der Waals surface area contributed by atoms with Gasteiger partial charge >= 0.3 is 0 Å². The summed E-state index contributed by atoms with van der Waals surface area (Å²) in [5.74, 6) is 1.71. The van der Waals surface area contributed by atoms with Gasteiger partial charge in [-0.15, -0.1) is 0 Å². The molecular formula is C14H23NO4S. The molecule has 0 bridgehead atoms. The van der Waals surface area contributed by atoms with Crippen LogP contribution in [0.5, 0.6) is 11.5 Å². The average Bonchev–Trinajstić information content (AvgIpc) is 2.46. The second-order valence-corrected chi connectivity index (χ2v) is 7.07. The Balaban J connectivity index is 2.70. The minimum atomic E-state index is -2.93. The molecule has 0 aliphatic carbocycles. The van der Waals surface area contributed by atoms with Crippen LogP contribution in [-0.2, 0) is 9.84 Å². The van der Waals surface area contributed by atoms with Gasteiger partial charge in [0.1, 0.15) is 21.3 Å². The highest BCUT2D eigenvalue weighted by Gasteiger charge is 2.14. The van der Waals surface area contributed by atoms with Crippen LogP contribution in [0.1, 0.15) is 31.4 Å². The van der Waals surface area contributed by atoms with Crippen LogP contribution >= 0.6 is 0 Å². The molecule has 1 aromatic rings. The third-order valence-corrected chi connectivity index (χ3v) is 5.04. The van der Waals surface area contributed by atoms with Crippen molar-refractivity contribution in [2.75, 3.05) is 25.7 Å². The summed E-state index contributed by atoms with van der Waals surface area (Å²) in [5.41, 5.74) is 6.98. The Kier molecular flexibility index (Phi) is 6.29. The van der Waals surface area contributed by atoms with Gasteiger partial charge in [0.15, 0.2) is 0 Å². The minimum Gasteiger partial charge on any atom is -0.497 e. The van der Waals surface area contributed by atoms with E-state index in [1.807, 2.05) is 12.1 Å². The fourth-order valence-corrected chi connectivity index (χ4v) is 2.84. The van der Waals surface area contributed by atoms with Crippen molar-refractivity contribution in [1.29, 1.82) is 0 Å². The summed E-state index contributed by atoms with van der Waals surface area (Å²) in [4.78, 5) is 0. The van der Waals surface area contributed by atoms with Crippen molar-refractivity contribution in [3.63, 3.8) is 0 Å². The lowest BCUT2D eigenvalue weighted by Crippen LogP contribution is -2.15. The summed E-state index contributed by atoms with van der Waals surface area (Å²) >= 11 is 0. The molecule has 0 saturated carbocycles. The first-order chi connectivity index (χ1) is 9.43. The molecule has 1 unspecified atom stereocenters. The molecule has 0 fully saturated rings. The highest BCUT2D eigenvalue weighted by Crippen LogP contribution is 2.30. The molecule has 2 N–H and O–H groups in total. The molecule has 20 heavy (non-hydrogen) atoms. The van der Waals surface area contributed by atoms with Gasteiger partial charge in [0.25, 0.3) is 0 Å². The van der Waals surface area contributed by atoms with Gasteiger partial charge in [0, 0.05) is 23.4 Å². The molecule has 0 spiro atoms. The van der Waals surface area contributed by atoms with Crippen LogP contribution in [-0.4, -0.2) is 34.1 Å². The first-order valence-corrected chi connectivity index (χ1v) is 8.43. The molecule has 114 valence electrons. The smallest absolute Gasteiger partial charge is 0.150 e. The van der Waals surface area contributed by atoms with Gasteiger partial charge in [0.05, 0.1) is 20.0 Å². The Morgan fingerprint density at radius 1 is 1.25 bits per heavy atom. The van der Waals surface area contributed by atoms with Gasteiger partial charge in [0.2, 0.25) is 0 Å². The number of rotatable bonds is 8. The number of methoxy groups -OCH3 is 2. The Hall–Kier alpha value is -1.27. The van der Waals surface area contributed by atoms with Crippen LogP contribution < -0.4 is 15.2 Å². The molecule has 1 aromatic carbocycles. The maximum Gasteiger partial charge on any atom is 0.150 e. The maximum absolute atomic E-state index is 11.4. The first kappa shape index (κ1) is 16.8. The highest BCUT2D eigenvalue weighted by atomic mass is 32.2. The summed E-state index contributed by atoms with van der Waals surface area (Å²) in [6.07, 6.45) is 1.15. The predicted molar refractivity (Wildman–Crippen MR) is 80.0 cm³/mol. The molecule has 0 amide bonds. The molecule has 0 radical (unpaired) electrons. The summed E-state index contributed by atoms with van der Waals surface area (Å²) in [6, 6.07) is 5.21. The quantitative estimate of drug-likeness (QED) is 0.793. The summed E-state index contributed by atoms with van der Waals surface area (Å²) in [7, 11) is 0.233. The van der Waals surface area contributed by atoms with Gasteiger partial charge in [-0.05, 0) is 18.9 Å². The van der Waals surface area contributed by atoms with Crippen LogP contribution in [0.3, 0.4) is 0 Å². The molecule has 0 aromatic heterocycles. The van der Waals surface area contributed by atoms with Gasteiger partial charge in [-0.2, -0.15) is 0 Å². The lowest BCUT2D eigenvalue weighted by atomic mass is 10.0. The fraction of sp³-hybridized carbons (Fsp3) is 0.571. The molecule has 0 aliphatic rings. The van der Waals surface area contributed by atoms with Crippen LogP contribution in [0.4, 0.5) is 0 Å². The monoisotopic (exact) mass is 301 g/mol. The average molecular weight is 301 g/mol. The third-order valence-electron chi connectivity index (χ3n) is 3.25. The first-order valence-electron chi connectivity index (χ1n) is 6.61. The second kappa shape index (κ2) is 7.50. The predicted octanol–water partition coefficient (Wildman–Crippen LogP) is 1.92. The van der Waals surface area contributed by atoms with Crippen molar-refractivity contribution < 1.29 is 17.9 Å². The summed E-state index contributed by atoms with van der Waals surface area (Å²) in [5, 5.41) is 0.